The zero-order valence-corrected chi connectivity index (χ0v) is 22.1. The van der Waals surface area contributed by atoms with Crippen LogP contribution >= 0.6 is 0 Å². The first-order valence-corrected chi connectivity index (χ1v) is 13.2. The molecule has 1 saturated carbocycles. The highest BCUT2D eigenvalue weighted by Crippen LogP contribution is 2.57. The Balaban J connectivity index is 1.86. The second kappa shape index (κ2) is 10.2. The van der Waals surface area contributed by atoms with Gasteiger partial charge in [0.15, 0.2) is 5.78 Å². The first-order chi connectivity index (χ1) is 17.4. The van der Waals surface area contributed by atoms with Gasteiger partial charge < -0.3 is 20.3 Å². The number of hydrogen-bond donors (Lipinski definition) is 3. The number of ketones is 1. The number of allylic oxidation sites excluding steroid dienone is 1. The standard InChI is InChI=1S/C30H39NO6/c1-17-10-9-13-22-27(34)19(3)18(2)26-23(14-21-11-7-6-8-12-21)31-28(35)30(22,26)24(33)15-25(37-20(4)32)29(5,36)16-17/h6-9,11-13,17-18,22-23,25-27,34,36H,3,10,14-16H2,1-2,4-5H3,(H,31,35)/b13-9-/t17-,18+,22-,23-,25+,26-,27+,29-,30-/m0/s1. The zero-order valence-electron chi connectivity index (χ0n) is 22.1. The number of ether oxygens (including phenoxy) is 1. The number of aliphatic hydroxyl groups is 2. The van der Waals surface area contributed by atoms with Gasteiger partial charge in [-0.25, -0.2) is 0 Å². The molecule has 1 aromatic rings. The molecular weight excluding hydrogens is 470 g/mol. The summed E-state index contributed by atoms with van der Waals surface area (Å²) >= 11 is 0. The summed E-state index contributed by atoms with van der Waals surface area (Å²) in [6.45, 7) is 10.9. The minimum Gasteiger partial charge on any atom is -0.459 e. The number of nitrogens with one attached hydrogen (secondary N) is 1. The van der Waals surface area contributed by atoms with Crippen molar-refractivity contribution >= 4 is 17.7 Å². The molecule has 9 atom stereocenters. The number of rotatable bonds is 3. The van der Waals surface area contributed by atoms with Crippen LogP contribution < -0.4 is 5.32 Å². The molecule has 0 bridgehead atoms. The molecule has 4 rings (SSSR count). The summed E-state index contributed by atoms with van der Waals surface area (Å²) in [4.78, 5) is 40.4. The van der Waals surface area contributed by atoms with Crippen LogP contribution in [0.2, 0.25) is 0 Å². The van der Waals surface area contributed by atoms with Gasteiger partial charge in [-0.2, -0.15) is 0 Å². The fraction of sp³-hybridized carbons (Fsp3) is 0.567. The Morgan fingerprint density at radius 1 is 1.22 bits per heavy atom. The predicted molar refractivity (Wildman–Crippen MR) is 139 cm³/mol. The normalized spacial score (nSPS) is 41.1. The smallest absolute Gasteiger partial charge is 0.303 e. The molecular formula is C30H39NO6. The number of amides is 1. The Morgan fingerprint density at radius 3 is 2.54 bits per heavy atom. The molecule has 1 aliphatic heterocycles. The lowest BCUT2D eigenvalue weighted by Crippen LogP contribution is -2.59. The first kappa shape index (κ1) is 27.3. The van der Waals surface area contributed by atoms with Crippen LogP contribution in [0.15, 0.2) is 54.6 Å². The van der Waals surface area contributed by atoms with E-state index < -0.39 is 52.7 Å². The van der Waals surface area contributed by atoms with E-state index in [9.17, 15) is 24.6 Å². The van der Waals surface area contributed by atoms with Crippen molar-refractivity contribution < 1.29 is 29.3 Å². The minimum atomic E-state index is -1.59. The van der Waals surface area contributed by atoms with Crippen LogP contribution in [0.5, 0.6) is 0 Å². The van der Waals surface area contributed by atoms with Crippen molar-refractivity contribution in [2.24, 2.45) is 29.1 Å². The summed E-state index contributed by atoms with van der Waals surface area (Å²) in [6, 6.07) is 9.42. The maximum Gasteiger partial charge on any atom is 0.303 e. The molecule has 7 nitrogen and oxygen atoms in total. The molecule has 200 valence electrons. The van der Waals surface area contributed by atoms with Crippen molar-refractivity contribution in [1.82, 2.24) is 5.32 Å². The molecule has 1 spiro atoms. The monoisotopic (exact) mass is 509 g/mol. The van der Waals surface area contributed by atoms with Crippen molar-refractivity contribution in [2.45, 2.75) is 77.2 Å². The van der Waals surface area contributed by atoms with E-state index >= 15 is 0 Å². The van der Waals surface area contributed by atoms with Gasteiger partial charge in [0.2, 0.25) is 5.91 Å². The summed E-state index contributed by atoms with van der Waals surface area (Å²) in [5.41, 5.74) is -1.43. The Kier molecular flexibility index (Phi) is 7.50. The van der Waals surface area contributed by atoms with Gasteiger partial charge in [0, 0.05) is 31.2 Å². The number of aliphatic hydroxyl groups excluding tert-OH is 1. The van der Waals surface area contributed by atoms with E-state index in [1.54, 1.807) is 13.0 Å². The van der Waals surface area contributed by atoms with E-state index in [2.05, 4.69) is 11.9 Å². The highest BCUT2D eigenvalue weighted by molar-refractivity contribution is 6.09. The molecule has 37 heavy (non-hydrogen) atoms. The lowest BCUT2D eigenvalue weighted by atomic mass is 9.51. The van der Waals surface area contributed by atoms with Gasteiger partial charge in [-0.05, 0) is 49.2 Å². The fourth-order valence-electron chi connectivity index (χ4n) is 7.05. The van der Waals surface area contributed by atoms with Gasteiger partial charge in [0.1, 0.15) is 11.5 Å². The quantitative estimate of drug-likeness (QED) is 0.328. The number of esters is 1. The number of hydrogen-bond acceptors (Lipinski definition) is 6. The van der Waals surface area contributed by atoms with Crippen LogP contribution in [0.25, 0.3) is 0 Å². The minimum absolute atomic E-state index is 0.00958. The van der Waals surface area contributed by atoms with Crippen molar-refractivity contribution in [1.29, 1.82) is 0 Å². The second-order valence-corrected chi connectivity index (χ2v) is 11.6. The molecule has 3 aliphatic rings. The van der Waals surface area contributed by atoms with Crippen LogP contribution in [-0.4, -0.2) is 51.7 Å². The van der Waals surface area contributed by atoms with Gasteiger partial charge in [0.05, 0.1) is 11.7 Å². The maximum absolute atomic E-state index is 14.4. The molecule has 1 amide bonds. The van der Waals surface area contributed by atoms with Crippen LogP contribution in [0.4, 0.5) is 0 Å². The van der Waals surface area contributed by atoms with Gasteiger partial charge in [-0.15, -0.1) is 0 Å². The van der Waals surface area contributed by atoms with E-state index in [1.807, 2.05) is 50.3 Å². The maximum atomic E-state index is 14.4. The molecule has 2 aliphatic carbocycles. The third-order valence-electron chi connectivity index (χ3n) is 8.80. The third kappa shape index (κ3) is 4.79. The number of carbonyl (C=O) groups is 3. The Morgan fingerprint density at radius 2 is 1.89 bits per heavy atom. The molecule has 1 heterocycles. The van der Waals surface area contributed by atoms with E-state index in [1.165, 1.54) is 6.92 Å². The topological polar surface area (TPSA) is 113 Å². The highest BCUT2D eigenvalue weighted by atomic mass is 16.6. The highest BCUT2D eigenvalue weighted by Gasteiger charge is 2.68. The van der Waals surface area contributed by atoms with Gasteiger partial charge in [0.25, 0.3) is 0 Å². The molecule has 7 heteroatoms. The van der Waals surface area contributed by atoms with Crippen molar-refractivity contribution in [3.8, 4) is 0 Å². The summed E-state index contributed by atoms with van der Waals surface area (Å²) < 4.78 is 5.51. The summed E-state index contributed by atoms with van der Waals surface area (Å²) in [7, 11) is 0. The molecule has 3 N–H and O–H groups in total. The van der Waals surface area contributed by atoms with Crippen LogP contribution in [0, 0.1) is 29.1 Å². The fourth-order valence-corrected chi connectivity index (χ4v) is 7.05. The van der Waals surface area contributed by atoms with E-state index in [4.69, 9.17) is 4.74 Å². The van der Waals surface area contributed by atoms with Crippen LogP contribution in [0.1, 0.15) is 52.5 Å². The van der Waals surface area contributed by atoms with Crippen molar-refractivity contribution in [2.75, 3.05) is 0 Å². The van der Waals surface area contributed by atoms with E-state index in [0.717, 1.165) is 5.56 Å². The summed E-state index contributed by atoms with van der Waals surface area (Å²) in [6.07, 6.45) is 2.57. The molecule has 0 radical (unpaired) electrons. The van der Waals surface area contributed by atoms with Gasteiger partial charge >= 0.3 is 5.97 Å². The molecule has 0 aromatic heterocycles. The lowest BCUT2D eigenvalue weighted by molar-refractivity contribution is -0.169. The number of carbonyl (C=O) groups excluding carboxylic acids is 3. The average Bonchev–Trinajstić information content (AvgIpc) is 3.10. The molecule has 2 fully saturated rings. The van der Waals surface area contributed by atoms with Crippen molar-refractivity contribution in [3.05, 3.63) is 60.2 Å². The summed E-state index contributed by atoms with van der Waals surface area (Å²) in [5, 5.41) is 25.9. The van der Waals surface area contributed by atoms with E-state index in [-0.39, 0.29) is 24.3 Å². The largest absolute Gasteiger partial charge is 0.459 e. The van der Waals surface area contributed by atoms with Crippen LogP contribution in [0.3, 0.4) is 0 Å². The first-order valence-electron chi connectivity index (χ1n) is 13.2. The zero-order chi connectivity index (χ0) is 27.1. The number of benzene rings is 1. The molecule has 1 saturated heterocycles. The van der Waals surface area contributed by atoms with Gasteiger partial charge in [-0.1, -0.05) is 62.9 Å². The molecule has 0 unspecified atom stereocenters. The Labute approximate surface area is 219 Å². The predicted octanol–water partition coefficient (Wildman–Crippen LogP) is 3.14. The average molecular weight is 510 g/mol. The Bertz CT molecular complexity index is 1090. The van der Waals surface area contributed by atoms with Gasteiger partial charge in [-0.3, -0.25) is 14.4 Å². The van der Waals surface area contributed by atoms with Crippen LogP contribution in [-0.2, 0) is 25.5 Å². The molecule has 1 aromatic carbocycles. The SMILES string of the molecule is C=C1[C@@H](C)[C@H]2[C@H](Cc3ccccc3)NC(=O)[C@@]23C(=O)C[C@@H](OC(C)=O)[C@@](C)(O)C[C@@H](C)C/C=C\[C@H]3[C@@H]1O. The number of Topliss-reactive ketones (excluding diaryl/α,β-unsaturated/α-hetero) is 1. The Hall–Kier alpha value is -2.77. The van der Waals surface area contributed by atoms with Crippen molar-refractivity contribution in [3.63, 3.8) is 0 Å². The summed E-state index contributed by atoms with van der Waals surface area (Å²) in [5.74, 6) is -3.07. The lowest BCUT2D eigenvalue weighted by Gasteiger charge is -2.49. The second-order valence-electron chi connectivity index (χ2n) is 11.6. The third-order valence-corrected chi connectivity index (χ3v) is 8.80. The van der Waals surface area contributed by atoms with E-state index in [0.29, 0.717) is 24.8 Å².